The number of nitrogens with one attached hydrogen (secondary N) is 1. The minimum absolute atomic E-state index is 0.0245. The molecule has 0 radical (unpaired) electrons. The summed E-state index contributed by atoms with van der Waals surface area (Å²) >= 11 is 0. The maximum atomic E-state index is 13.4. The molecule has 43 heavy (non-hydrogen) atoms. The van der Waals surface area contributed by atoms with Crippen molar-refractivity contribution in [1.82, 2.24) is 25.3 Å². The van der Waals surface area contributed by atoms with Crippen molar-refractivity contribution in [1.29, 1.82) is 0 Å². The standard InChI is InChI=1S/C30H34N8O5/c1-4-42-23(39)15-22(18-9-7-6-8-10-18)24(29(41)43-5-2)35-28(40)19-11-13-21(14-12-19)38(3)17-20-16-33-27-25(34-20)26(31)36-30(32)37-27/h6-14,16,22,24H,4-5,15,17H2,1-3H3,(H,35,40)(H4,31,32,33,36,37)/t22?,24-/m0/s1. The second kappa shape index (κ2) is 14.0. The lowest BCUT2D eigenvalue weighted by molar-refractivity contribution is -0.147. The number of nitrogens with zero attached hydrogens (tertiary/aromatic N) is 5. The second-order valence-corrected chi connectivity index (χ2v) is 9.63. The van der Waals surface area contributed by atoms with Gasteiger partial charge in [0.05, 0.1) is 38.1 Å². The van der Waals surface area contributed by atoms with Crippen molar-refractivity contribution < 1.29 is 23.9 Å². The van der Waals surface area contributed by atoms with Gasteiger partial charge in [-0.05, 0) is 43.7 Å². The van der Waals surface area contributed by atoms with Gasteiger partial charge in [-0.15, -0.1) is 0 Å². The molecular weight excluding hydrogens is 552 g/mol. The number of esters is 2. The van der Waals surface area contributed by atoms with Crippen molar-refractivity contribution >= 4 is 46.5 Å². The molecule has 2 aromatic heterocycles. The zero-order valence-corrected chi connectivity index (χ0v) is 24.2. The van der Waals surface area contributed by atoms with Gasteiger partial charge in [-0.25, -0.2) is 14.8 Å². The monoisotopic (exact) mass is 586 g/mol. The Morgan fingerprint density at radius 3 is 2.30 bits per heavy atom. The van der Waals surface area contributed by atoms with Gasteiger partial charge in [-0.3, -0.25) is 9.59 Å². The molecule has 224 valence electrons. The first kappa shape index (κ1) is 30.6. The normalized spacial score (nSPS) is 12.3. The van der Waals surface area contributed by atoms with Crippen molar-refractivity contribution in [3.8, 4) is 0 Å². The third-order valence-electron chi connectivity index (χ3n) is 6.62. The van der Waals surface area contributed by atoms with E-state index >= 15 is 0 Å². The molecule has 0 saturated carbocycles. The number of hydrogen-bond donors (Lipinski definition) is 3. The predicted octanol–water partition coefficient (Wildman–Crippen LogP) is 2.62. The number of rotatable bonds is 12. The fraction of sp³-hybridized carbons (Fsp3) is 0.300. The van der Waals surface area contributed by atoms with E-state index in [1.54, 1.807) is 68.6 Å². The van der Waals surface area contributed by atoms with Crippen LogP contribution in [0.4, 0.5) is 17.5 Å². The van der Waals surface area contributed by atoms with E-state index in [1.807, 2.05) is 18.0 Å². The maximum Gasteiger partial charge on any atom is 0.329 e. The molecule has 0 aliphatic heterocycles. The average Bonchev–Trinajstić information content (AvgIpc) is 2.99. The van der Waals surface area contributed by atoms with Crippen LogP contribution in [0.1, 0.15) is 47.8 Å². The summed E-state index contributed by atoms with van der Waals surface area (Å²) in [4.78, 5) is 57.6. The number of carbonyl (C=O) groups excluding carboxylic acids is 3. The van der Waals surface area contributed by atoms with E-state index in [1.165, 1.54) is 0 Å². The molecule has 4 rings (SSSR count). The quantitative estimate of drug-likeness (QED) is 0.206. The van der Waals surface area contributed by atoms with Gasteiger partial charge in [-0.2, -0.15) is 9.97 Å². The average molecular weight is 587 g/mol. The van der Waals surface area contributed by atoms with Gasteiger partial charge in [0.1, 0.15) is 6.04 Å². The number of hydrogen-bond acceptors (Lipinski definition) is 12. The zero-order chi connectivity index (χ0) is 30.9. The number of benzene rings is 2. The smallest absolute Gasteiger partial charge is 0.329 e. The summed E-state index contributed by atoms with van der Waals surface area (Å²) in [7, 11) is 1.86. The fourth-order valence-corrected chi connectivity index (χ4v) is 4.57. The summed E-state index contributed by atoms with van der Waals surface area (Å²) in [6.07, 6.45) is 1.47. The number of nitrogen functional groups attached to an aromatic ring is 2. The van der Waals surface area contributed by atoms with Crippen LogP contribution in [-0.4, -0.2) is 64.1 Å². The highest BCUT2D eigenvalue weighted by atomic mass is 16.5. The van der Waals surface area contributed by atoms with Gasteiger partial charge in [0.15, 0.2) is 17.0 Å². The van der Waals surface area contributed by atoms with Crippen LogP contribution >= 0.6 is 0 Å². The van der Waals surface area contributed by atoms with Crippen LogP contribution in [0.15, 0.2) is 60.8 Å². The first-order valence-corrected chi connectivity index (χ1v) is 13.7. The highest BCUT2D eigenvalue weighted by Crippen LogP contribution is 2.26. The Kier molecular flexibility index (Phi) is 9.99. The molecule has 2 atom stereocenters. The zero-order valence-electron chi connectivity index (χ0n) is 24.2. The highest BCUT2D eigenvalue weighted by molar-refractivity contribution is 5.97. The van der Waals surface area contributed by atoms with Crippen LogP contribution in [0, 0.1) is 0 Å². The first-order chi connectivity index (χ1) is 20.7. The molecule has 0 aliphatic carbocycles. The molecule has 13 heteroatoms. The van der Waals surface area contributed by atoms with Gasteiger partial charge < -0.3 is 31.2 Å². The maximum absolute atomic E-state index is 13.4. The van der Waals surface area contributed by atoms with E-state index in [9.17, 15) is 14.4 Å². The number of ether oxygens (including phenoxy) is 2. The molecule has 1 unspecified atom stereocenters. The molecule has 0 spiro atoms. The second-order valence-electron chi connectivity index (χ2n) is 9.63. The van der Waals surface area contributed by atoms with Crippen molar-refractivity contribution in [2.75, 3.05) is 36.6 Å². The molecular formula is C30H34N8O5. The van der Waals surface area contributed by atoms with Crippen LogP contribution in [0.2, 0.25) is 0 Å². The van der Waals surface area contributed by atoms with E-state index in [0.29, 0.717) is 34.5 Å². The van der Waals surface area contributed by atoms with E-state index in [4.69, 9.17) is 20.9 Å². The van der Waals surface area contributed by atoms with E-state index in [2.05, 4.69) is 25.3 Å². The highest BCUT2D eigenvalue weighted by Gasteiger charge is 2.34. The SMILES string of the molecule is CCOC(=O)CC(c1ccccc1)[C@H](NC(=O)c1ccc(N(C)Cc2cnc3nc(N)nc(N)c3n2)cc1)C(=O)OCC. The van der Waals surface area contributed by atoms with Crippen molar-refractivity contribution in [3.63, 3.8) is 0 Å². The van der Waals surface area contributed by atoms with Gasteiger partial charge in [0, 0.05) is 24.2 Å². The van der Waals surface area contributed by atoms with Gasteiger partial charge >= 0.3 is 11.9 Å². The van der Waals surface area contributed by atoms with Crippen LogP contribution < -0.4 is 21.7 Å². The Morgan fingerprint density at radius 1 is 0.930 bits per heavy atom. The lowest BCUT2D eigenvalue weighted by Gasteiger charge is -2.26. The molecule has 2 aromatic carbocycles. The number of nitrogens with two attached hydrogens (primary N) is 2. The largest absolute Gasteiger partial charge is 0.466 e. The van der Waals surface area contributed by atoms with Crippen molar-refractivity contribution in [2.24, 2.45) is 0 Å². The van der Waals surface area contributed by atoms with Crippen LogP contribution in [-0.2, 0) is 25.6 Å². The molecule has 0 bridgehead atoms. The summed E-state index contributed by atoms with van der Waals surface area (Å²) < 4.78 is 10.4. The van der Waals surface area contributed by atoms with Crippen LogP contribution in [0.5, 0.6) is 0 Å². The minimum atomic E-state index is -1.13. The summed E-state index contributed by atoms with van der Waals surface area (Å²) in [5.74, 6) is -2.15. The van der Waals surface area contributed by atoms with Gasteiger partial charge in [-0.1, -0.05) is 30.3 Å². The Balaban J connectivity index is 1.51. The Morgan fingerprint density at radius 2 is 1.63 bits per heavy atom. The molecule has 0 saturated heterocycles. The number of aromatic nitrogens is 4. The fourth-order valence-electron chi connectivity index (χ4n) is 4.57. The third-order valence-corrected chi connectivity index (χ3v) is 6.62. The predicted molar refractivity (Wildman–Crippen MR) is 161 cm³/mol. The topological polar surface area (TPSA) is 189 Å². The Labute approximate surface area is 248 Å². The molecule has 0 fully saturated rings. The molecule has 4 aromatic rings. The van der Waals surface area contributed by atoms with Crippen LogP contribution in [0.25, 0.3) is 11.2 Å². The summed E-state index contributed by atoms with van der Waals surface area (Å²) in [5, 5.41) is 2.79. The molecule has 13 nitrogen and oxygen atoms in total. The molecule has 2 heterocycles. The van der Waals surface area contributed by atoms with Crippen molar-refractivity contribution in [2.45, 2.75) is 38.8 Å². The summed E-state index contributed by atoms with van der Waals surface area (Å²) in [6, 6.07) is 14.7. The van der Waals surface area contributed by atoms with E-state index in [-0.39, 0.29) is 31.4 Å². The number of fused-ring (bicyclic) bond motifs is 1. The number of carbonyl (C=O) groups is 3. The Bertz CT molecular complexity index is 1580. The number of amides is 1. The van der Waals surface area contributed by atoms with E-state index in [0.717, 1.165) is 5.69 Å². The minimum Gasteiger partial charge on any atom is -0.466 e. The molecule has 1 amide bonds. The third kappa shape index (κ3) is 7.70. The van der Waals surface area contributed by atoms with Gasteiger partial charge in [0.25, 0.3) is 5.91 Å². The summed E-state index contributed by atoms with van der Waals surface area (Å²) in [6.45, 7) is 4.08. The first-order valence-electron chi connectivity index (χ1n) is 13.7. The van der Waals surface area contributed by atoms with Crippen LogP contribution in [0.3, 0.4) is 0 Å². The van der Waals surface area contributed by atoms with Gasteiger partial charge in [0.2, 0.25) is 5.95 Å². The summed E-state index contributed by atoms with van der Waals surface area (Å²) in [5.41, 5.74) is 14.7. The molecule has 0 aliphatic rings. The van der Waals surface area contributed by atoms with E-state index < -0.39 is 29.8 Å². The number of anilines is 3. The Hall–Kier alpha value is -5.33. The molecule has 5 N–H and O–H groups in total. The lowest BCUT2D eigenvalue weighted by Crippen LogP contribution is -2.46. The van der Waals surface area contributed by atoms with Crippen molar-refractivity contribution in [3.05, 3.63) is 77.6 Å². The lowest BCUT2D eigenvalue weighted by atomic mass is 9.88.